The molecule has 0 heterocycles. The molecule has 1 aliphatic carbocycles. The molecule has 2 rings (SSSR count). The van der Waals surface area contributed by atoms with Crippen molar-refractivity contribution in [2.75, 3.05) is 7.11 Å². The quantitative estimate of drug-likeness (QED) is 0.856. The van der Waals surface area contributed by atoms with Crippen molar-refractivity contribution < 1.29 is 9.84 Å². The van der Waals surface area contributed by atoms with E-state index in [1.165, 1.54) is 4.90 Å². The standard InChI is InChI=1S/C12H16O2S/c1-14-9-5-7-10(8-6-9)15-12-4-2-3-11(12)13/h5-8,11-13H,2-4H2,1H3. The molecule has 1 N–H and O–H groups in total. The van der Waals surface area contributed by atoms with Gasteiger partial charge < -0.3 is 9.84 Å². The molecule has 0 aliphatic heterocycles. The minimum Gasteiger partial charge on any atom is -0.497 e. The largest absolute Gasteiger partial charge is 0.497 e. The topological polar surface area (TPSA) is 29.5 Å². The van der Waals surface area contributed by atoms with Crippen molar-refractivity contribution in [2.45, 2.75) is 35.5 Å². The fourth-order valence-corrected chi connectivity index (χ4v) is 3.09. The molecule has 0 amide bonds. The van der Waals surface area contributed by atoms with Crippen LogP contribution < -0.4 is 4.74 Å². The Bertz CT molecular complexity index is 310. The number of thioether (sulfide) groups is 1. The van der Waals surface area contributed by atoms with Gasteiger partial charge in [-0.2, -0.15) is 0 Å². The van der Waals surface area contributed by atoms with Gasteiger partial charge >= 0.3 is 0 Å². The zero-order valence-corrected chi connectivity index (χ0v) is 9.67. The van der Waals surface area contributed by atoms with Gasteiger partial charge in [0.25, 0.3) is 0 Å². The molecule has 2 unspecified atom stereocenters. The Kier molecular flexibility index (Phi) is 3.54. The molecule has 1 aromatic rings. The van der Waals surface area contributed by atoms with Crippen molar-refractivity contribution in [1.29, 1.82) is 0 Å². The van der Waals surface area contributed by atoms with Gasteiger partial charge in [0.1, 0.15) is 5.75 Å². The van der Waals surface area contributed by atoms with Crippen LogP contribution in [0.4, 0.5) is 0 Å². The Hall–Kier alpha value is -0.670. The summed E-state index contributed by atoms with van der Waals surface area (Å²) in [5.41, 5.74) is 0. The van der Waals surface area contributed by atoms with Crippen LogP contribution in [0, 0.1) is 0 Å². The van der Waals surface area contributed by atoms with Gasteiger partial charge in [0.2, 0.25) is 0 Å². The molecule has 1 saturated carbocycles. The van der Waals surface area contributed by atoms with E-state index < -0.39 is 0 Å². The predicted octanol–water partition coefficient (Wildman–Crippen LogP) is 2.70. The summed E-state index contributed by atoms with van der Waals surface area (Å²) in [5, 5.41) is 10.1. The van der Waals surface area contributed by atoms with Gasteiger partial charge in [-0.05, 0) is 43.5 Å². The van der Waals surface area contributed by atoms with E-state index in [1.807, 2.05) is 12.1 Å². The second kappa shape index (κ2) is 4.90. The highest BCUT2D eigenvalue weighted by Crippen LogP contribution is 2.35. The summed E-state index contributed by atoms with van der Waals surface area (Å²) in [6, 6.07) is 8.02. The zero-order chi connectivity index (χ0) is 10.7. The summed E-state index contributed by atoms with van der Waals surface area (Å²) in [7, 11) is 1.67. The van der Waals surface area contributed by atoms with Gasteiger partial charge in [-0.1, -0.05) is 0 Å². The van der Waals surface area contributed by atoms with Gasteiger partial charge in [-0.25, -0.2) is 0 Å². The maximum absolute atomic E-state index is 9.71. The predicted molar refractivity (Wildman–Crippen MR) is 62.5 cm³/mol. The monoisotopic (exact) mass is 224 g/mol. The highest BCUT2D eigenvalue weighted by molar-refractivity contribution is 8.00. The molecule has 3 heteroatoms. The van der Waals surface area contributed by atoms with E-state index in [0.717, 1.165) is 25.0 Å². The van der Waals surface area contributed by atoms with Crippen molar-refractivity contribution in [1.82, 2.24) is 0 Å². The Balaban J connectivity index is 1.98. The summed E-state index contributed by atoms with van der Waals surface area (Å²) < 4.78 is 5.10. The van der Waals surface area contributed by atoms with Crippen LogP contribution >= 0.6 is 11.8 Å². The summed E-state index contributed by atoms with van der Waals surface area (Å²) in [5.74, 6) is 0.881. The Morgan fingerprint density at radius 3 is 2.53 bits per heavy atom. The molecule has 0 bridgehead atoms. The normalized spacial score (nSPS) is 25.5. The molecule has 2 nitrogen and oxygen atoms in total. The first-order valence-electron chi connectivity index (χ1n) is 5.28. The van der Waals surface area contributed by atoms with Gasteiger partial charge in [-0.15, -0.1) is 11.8 Å². The maximum atomic E-state index is 9.71. The fraction of sp³-hybridized carbons (Fsp3) is 0.500. The molecule has 0 saturated heterocycles. The third-order valence-corrected chi connectivity index (χ3v) is 4.16. The van der Waals surface area contributed by atoms with E-state index >= 15 is 0 Å². The van der Waals surface area contributed by atoms with Crippen molar-refractivity contribution >= 4 is 11.8 Å². The van der Waals surface area contributed by atoms with Gasteiger partial charge in [0, 0.05) is 10.1 Å². The van der Waals surface area contributed by atoms with E-state index in [1.54, 1.807) is 18.9 Å². The molecule has 0 spiro atoms. The van der Waals surface area contributed by atoms with Crippen LogP contribution in [0.3, 0.4) is 0 Å². The van der Waals surface area contributed by atoms with Gasteiger partial charge in [0.05, 0.1) is 13.2 Å². The molecule has 0 radical (unpaired) electrons. The average Bonchev–Trinajstić information content (AvgIpc) is 2.66. The van der Waals surface area contributed by atoms with E-state index in [0.29, 0.717) is 5.25 Å². The third kappa shape index (κ3) is 2.67. The molecule has 82 valence electrons. The third-order valence-electron chi connectivity index (χ3n) is 2.76. The van der Waals surface area contributed by atoms with Crippen molar-refractivity contribution in [3.63, 3.8) is 0 Å². The summed E-state index contributed by atoms with van der Waals surface area (Å²) in [6.07, 6.45) is 3.10. The summed E-state index contributed by atoms with van der Waals surface area (Å²) in [6.45, 7) is 0. The Morgan fingerprint density at radius 2 is 2.00 bits per heavy atom. The fourth-order valence-electron chi connectivity index (χ4n) is 1.87. The lowest BCUT2D eigenvalue weighted by molar-refractivity contribution is 0.188. The number of aliphatic hydroxyl groups is 1. The first-order valence-corrected chi connectivity index (χ1v) is 6.16. The Labute approximate surface area is 94.6 Å². The summed E-state index contributed by atoms with van der Waals surface area (Å²) in [4.78, 5) is 1.21. The van der Waals surface area contributed by atoms with Crippen LogP contribution in [0.15, 0.2) is 29.2 Å². The SMILES string of the molecule is COc1ccc(SC2CCCC2O)cc1. The molecular formula is C12H16O2S. The van der Waals surface area contributed by atoms with Gasteiger partial charge in [-0.3, -0.25) is 0 Å². The smallest absolute Gasteiger partial charge is 0.118 e. The van der Waals surface area contributed by atoms with Gasteiger partial charge in [0.15, 0.2) is 0 Å². The lowest BCUT2D eigenvalue weighted by Crippen LogP contribution is -2.14. The van der Waals surface area contributed by atoms with Crippen molar-refractivity contribution in [3.8, 4) is 5.75 Å². The van der Waals surface area contributed by atoms with E-state index in [4.69, 9.17) is 4.74 Å². The molecular weight excluding hydrogens is 208 g/mol. The van der Waals surface area contributed by atoms with Crippen LogP contribution in [0.2, 0.25) is 0 Å². The molecule has 1 aliphatic rings. The lowest BCUT2D eigenvalue weighted by Gasteiger charge is -2.13. The Morgan fingerprint density at radius 1 is 1.27 bits per heavy atom. The van der Waals surface area contributed by atoms with E-state index in [2.05, 4.69) is 12.1 Å². The summed E-state index contributed by atoms with van der Waals surface area (Å²) >= 11 is 1.77. The first kappa shape index (κ1) is 10.8. The first-order chi connectivity index (χ1) is 7.29. The van der Waals surface area contributed by atoms with Crippen molar-refractivity contribution in [3.05, 3.63) is 24.3 Å². The number of methoxy groups -OCH3 is 1. The van der Waals surface area contributed by atoms with Crippen LogP contribution in [0.5, 0.6) is 5.75 Å². The zero-order valence-electron chi connectivity index (χ0n) is 8.85. The van der Waals surface area contributed by atoms with Crippen LogP contribution in [0.25, 0.3) is 0 Å². The average molecular weight is 224 g/mol. The number of rotatable bonds is 3. The minimum atomic E-state index is -0.128. The van der Waals surface area contributed by atoms with E-state index in [9.17, 15) is 5.11 Å². The molecule has 1 aromatic carbocycles. The van der Waals surface area contributed by atoms with Crippen LogP contribution in [-0.2, 0) is 0 Å². The number of aliphatic hydroxyl groups excluding tert-OH is 1. The highest BCUT2D eigenvalue weighted by atomic mass is 32.2. The number of hydrogen-bond donors (Lipinski definition) is 1. The second-order valence-electron chi connectivity index (χ2n) is 3.83. The van der Waals surface area contributed by atoms with Crippen molar-refractivity contribution in [2.24, 2.45) is 0 Å². The lowest BCUT2D eigenvalue weighted by atomic mass is 10.3. The van der Waals surface area contributed by atoms with E-state index in [-0.39, 0.29) is 6.10 Å². The maximum Gasteiger partial charge on any atom is 0.118 e. The molecule has 2 atom stereocenters. The van der Waals surface area contributed by atoms with Crippen LogP contribution in [0.1, 0.15) is 19.3 Å². The van der Waals surface area contributed by atoms with Crippen LogP contribution in [-0.4, -0.2) is 23.6 Å². The molecule has 1 fully saturated rings. The molecule has 0 aromatic heterocycles. The number of benzene rings is 1. The number of hydrogen-bond acceptors (Lipinski definition) is 3. The number of ether oxygens (including phenoxy) is 1. The molecule has 15 heavy (non-hydrogen) atoms. The highest BCUT2D eigenvalue weighted by Gasteiger charge is 2.25. The minimum absolute atomic E-state index is 0.128. The second-order valence-corrected chi connectivity index (χ2v) is 5.14.